The van der Waals surface area contributed by atoms with Gasteiger partial charge in [-0.15, -0.1) is 10.2 Å². The van der Waals surface area contributed by atoms with Gasteiger partial charge in [-0.1, -0.05) is 17.7 Å². The molecule has 2 aliphatic carbocycles. The lowest BCUT2D eigenvalue weighted by Gasteiger charge is -2.25. The second kappa shape index (κ2) is 9.48. The molecule has 0 atom stereocenters. The number of nitrogens with zero attached hydrogens (tertiary/aromatic N) is 3. The topological polar surface area (TPSA) is 80.0 Å². The number of aryl methyl sites for hydroxylation is 2. The monoisotopic (exact) mass is 430 g/mol. The molecular formula is C23H31ClN4O2. The average molecular weight is 431 g/mol. The first kappa shape index (κ1) is 21.3. The first-order valence-corrected chi connectivity index (χ1v) is 11.5. The van der Waals surface area contributed by atoms with E-state index in [-0.39, 0.29) is 12.0 Å². The standard InChI is InChI=1S/C23H31ClN4O2/c1-15-19(24)3-2-4-20(15)25-23(30)14-13-22-27-26-21(28(22)17-8-9-17)12-7-16-5-10-18(29)11-6-16/h2-4,16-18,29H,5-14H2,1H3,(H,25,30)/t16-,18-. The van der Waals surface area contributed by atoms with E-state index in [0.717, 1.165) is 61.4 Å². The van der Waals surface area contributed by atoms with Crippen molar-refractivity contribution in [2.45, 2.75) is 83.3 Å². The number of aliphatic hydroxyl groups excluding tert-OH is 1. The number of aliphatic hydroxyl groups is 1. The van der Waals surface area contributed by atoms with E-state index >= 15 is 0 Å². The van der Waals surface area contributed by atoms with E-state index < -0.39 is 0 Å². The Labute approximate surface area is 183 Å². The van der Waals surface area contributed by atoms with Gasteiger partial charge in [-0.05, 0) is 75.5 Å². The lowest BCUT2D eigenvalue weighted by Crippen LogP contribution is -2.19. The van der Waals surface area contributed by atoms with Crippen LogP contribution in [-0.2, 0) is 17.6 Å². The number of carbonyl (C=O) groups is 1. The SMILES string of the molecule is Cc1c(Cl)cccc1NC(=O)CCc1nnc(CC[C@H]2CC[C@H](O)CC2)n1C1CC1. The number of hydrogen-bond acceptors (Lipinski definition) is 4. The lowest BCUT2D eigenvalue weighted by molar-refractivity contribution is -0.116. The van der Waals surface area contributed by atoms with Gasteiger partial charge >= 0.3 is 0 Å². The Kier molecular flexibility index (Phi) is 6.74. The minimum atomic E-state index is -0.107. The summed E-state index contributed by atoms with van der Waals surface area (Å²) in [5.74, 6) is 2.62. The van der Waals surface area contributed by atoms with Crippen LogP contribution in [0.25, 0.3) is 0 Å². The highest BCUT2D eigenvalue weighted by atomic mass is 35.5. The summed E-state index contributed by atoms with van der Waals surface area (Å²) in [6.07, 6.45) is 9.28. The maximum absolute atomic E-state index is 12.5. The molecule has 162 valence electrons. The number of halogens is 1. The number of hydrogen-bond donors (Lipinski definition) is 2. The van der Waals surface area contributed by atoms with E-state index in [1.54, 1.807) is 0 Å². The number of anilines is 1. The summed E-state index contributed by atoms with van der Waals surface area (Å²) in [4.78, 5) is 12.5. The number of benzene rings is 1. The Hall–Kier alpha value is -1.92. The van der Waals surface area contributed by atoms with Gasteiger partial charge in [0.1, 0.15) is 11.6 Å². The molecule has 0 saturated heterocycles. The van der Waals surface area contributed by atoms with E-state index in [1.807, 2.05) is 25.1 Å². The summed E-state index contributed by atoms with van der Waals surface area (Å²) in [7, 11) is 0. The molecule has 2 fully saturated rings. The van der Waals surface area contributed by atoms with Crippen molar-refractivity contribution in [2.75, 3.05) is 5.32 Å². The molecular weight excluding hydrogens is 400 g/mol. The molecule has 0 radical (unpaired) electrons. The Morgan fingerprint density at radius 3 is 2.53 bits per heavy atom. The van der Waals surface area contributed by atoms with Gasteiger partial charge in [0, 0.05) is 36.0 Å². The summed E-state index contributed by atoms with van der Waals surface area (Å²) >= 11 is 6.14. The molecule has 6 nitrogen and oxygen atoms in total. The van der Waals surface area contributed by atoms with Gasteiger partial charge in [0.15, 0.2) is 0 Å². The summed E-state index contributed by atoms with van der Waals surface area (Å²) in [6, 6.07) is 6.03. The fourth-order valence-corrected chi connectivity index (χ4v) is 4.58. The third kappa shape index (κ3) is 5.22. The Morgan fingerprint density at radius 2 is 1.83 bits per heavy atom. The third-order valence-electron chi connectivity index (χ3n) is 6.46. The van der Waals surface area contributed by atoms with E-state index in [9.17, 15) is 9.90 Å². The normalized spacial score (nSPS) is 21.6. The Balaban J connectivity index is 1.34. The van der Waals surface area contributed by atoms with Crippen LogP contribution in [0.3, 0.4) is 0 Å². The van der Waals surface area contributed by atoms with Gasteiger partial charge in [0.2, 0.25) is 5.91 Å². The van der Waals surface area contributed by atoms with Crippen molar-refractivity contribution < 1.29 is 9.90 Å². The van der Waals surface area contributed by atoms with E-state index in [0.29, 0.717) is 29.8 Å². The fraction of sp³-hybridized carbons (Fsp3) is 0.609. The first-order chi connectivity index (χ1) is 14.5. The van der Waals surface area contributed by atoms with Crippen LogP contribution in [0.2, 0.25) is 5.02 Å². The number of rotatable bonds is 8. The van der Waals surface area contributed by atoms with Crippen molar-refractivity contribution >= 4 is 23.2 Å². The quantitative estimate of drug-likeness (QED) is 0.639. The van der Waals surface area contributed by atoms with Crippen LogP contribution in [-0.4, -0.2) is 31.9 Å². The van der Waals surface area contributed by atoms with Crippen LogP contribution in [0.15, 0.2) is 18.2 Å². The third-order valence-corrected chi connectivity index (χ3v) is 6.87. The van der Waals surface area contributed by atoms with Crippen molar-refractivity contribution in [3.05, 3.63) is 40.4 Å². The molecule has 0 unspecified atom stereocenters. The zero-order valence-corrected chi connectivity index (χ0v) is 18.4. The summed E-state index contributed by atoms with van der Waals surface area (Å²) < 4.78 is 2.29. The van der Waals surface area contributed by atoms with Gasteiger partial charge < -0.3 is 15.0 Å². The van der Waals surface area contributed by atoms with Crippen molar-refractivity contribution in [3.63, 3.8) is 0 Å². The van der Waals surface area contributed by atoms with Gasteiger partial charge in [0.25, 0.3) is 0 Å². The highest BCUT2D eigenvalue weighted by molar-refractivity contribution is 6.31. The highest BCUT2D eigenvalue weighted by Crippen LogP contribution is 2.37. The van der Waals surface area contributed by atoms with Crippen LogP contribution >= 0.6 is 11.6 Å². The smallest absolute Gasteiger partial charge is 0.224 e. The zero-order valence-electron chi connectivity index (χ0n) is 17.6. The minimum absolute atomic E-state index is 0.0342. The molecule has 0 spiro atoms. The van der Waals surface area contributed by atoms with Crippen molar-refractivity contribution in [1.29, 1.82) is 0 Å². The van der Waals surface area contributed by atoms with Gasteiger partial charge in [-0.2, -0.15) is 0 Å². The molecule has 1 aromatic heterocycles. The summed E-state index contributed by atoms with van der Waals surface area (Å²) in [5.41, 5.74) is 1.64. The maximum Gasteiger partial charge on any atom is 0.224 e. The molecule has 0 bridgehead atoms. The predicted molar refractivity (Wildman–Crippen MR) is 118 cm³/mol. The lowest BCUT2D eigenvalue weighted by atomic mass is 9.84. The molecule has 2 saturated carbocycles. The fourth-order valence-electron chi connectivity index (χ4n) is 4.40. The molecule has 30 heavy (non-hydrogen) atoms. The van der Waals surface area contributed by atoms with E-state index in [2.05, 4.69) is 20.1 Å². The molecule has 1 amide bonds. The Bertz CT molecular complexity index is 885. The van der Waals surface area contributed by atoms with Crippen LogP contribution in [0.1, 0.15) is 74.6 Å². The molecule has 7 heteroatoms. The van der Waals surface area contributed by atoms with E-state index in [1.165, 1.54) is 12.8 Å². The minimum Gasteiger partial charge on any atom is -0.393 e. The molecule has 1 heterocycles. The second-order valence-corrected chi connectivity index (χ2v) is 9.21. The van der Waals surface area contributed by atoms with Gasteiger partial charge in [-0.3, -0.25) is 4.79 Å². The first-order valence-electron chi connectivity index (χ1n) is 11.2. The summed E-state index contributed by atoms with van der Waals surface area (Å²) in [6.45, 7) is 1.90. The van der Waals surface area contributed by atoms with Crippen LogP contribution in [0, 0.1) is 12.8 Å². The molecule has 2 aromatic rings. The van der Waals surface area contributed by atoms with Crippen LogP contribution in [0.4, 0.5) is 5.69 Å². The zero-order chi connectivity index (χ0) is 21.1. The second-order valence-electron chi connectivity index (χ2n) is 8.81. The highest BCUT2D eigenvalue weighted by Gasteiger charge is 2.30. The number of nitrogens with one attached hydrogen (secondary N) is 1. The molecule has 0 aliphatic heterocycles. The predicted octanol–water partition coefficient (Wildman–Crippen LogP) is 4.63. The molecule has 1 aromatic carbocycles. The van der Waals surface area contributed by atoms with E-state index in [4.69, 9.17) is 11.6 Å². The van der Waals surface area contributed by atoms with Crippen molar-refractivity contribution in [1.82, 2.24) is 14.8 Å². The Morgan fingerprint density at radius 1 is 1.13 bits per heavy atom. The average Bonchev–Trinajstić information content (AvgIpc) is 3.49. The number of amides is 1. The maximum atomic E-state index is 12.5. The van der Waals surface area contributed by atoms with Crippen LogP contribution in [0.5, 0.6) is 0 Å². The van der Waals surface area contributed by atoms with Crippen molar-refractivity contribution in [2.24, 2.45) is 5.92 Å². The van der Waals surface area contributed by atoms with Gasteiger partial charge in [0.05, 0.1) is 6.10 Å². The molecule has 4 rings (SSSR count). The number of aromatic nitrogens is 3. The molecule has 2 N–H and O–H groups in total. The molecule has 2 aliphatic rings. The largest absolute Gasteiger partial charge is 0.393 e. The van der Waals surface area contributed by atoms with Crippen LogP contribution < -0.4 is 5.32 Å². The van der Waals surface area contributed by atoms with Crippen molar-refractivity contribution in [3.8, 4) is 0 Å². The van der Waals surface area contributed by atoms with Gasteiger partial charge in [-0.25, -0.2) is 0 Å². The number of carbonyl (C=O) groups excluding carboxylic acids is 1. The summed E-state index contributed by atoms with van der Waals surface area (Å²) in [5, 5.41) is 22.2.